The summed E-state index contributed by atoms with van der Waals surface area (Å²) in [5, 5.41) is 2.93. The molecule has 2 aromatic carbocycles. The van der Waals surface area contributed by atoms with Gasteiger partial charge in [-0.15, -0.1) is 0 Å². The van der Waals surface area contributed by atoms with Gasteiger partial charge in [0, 0.05) is 12.0 Å². The molecule has 1 aliphatic heterocycles. The molecule has 0 saturated carbocycles. The maximum atomic E-state index is 13.5. The molecule has 1 aliphatic rings. The summed E-state index contributed by atoms with van der Waals surface area (Å²) in [6.45, 7) is 0.482. The molecule has 1 amide bonds. The third-order valence-corrected chi connectivity index (χ3v) is 3.67. The van der Waals surface area contributed by atoms with E-state index in [1.165, 1.54) is 19.2 Å². The molecule has 0 fully saturated rings. The minimum atomic E-state index is -0.346. The van der Waals surface area contributed by atoms with Crippen LogP contribution in [0.4, 0.5) is 4.39 Å². The van der Waals surface area contributed by atoms with Crippen LogP contribution in [0.1, 0.15) is 28.4 Å². The van der Waals surface area contributed by atoms with E-state index in [0.717, 1.165) is 0 Å². The van der Waals surface area contributed by atoms with Gasteiger partial charge in [0.2, 0.25) is 0 Å². The Balaban J connectivity index is 1.85. The molecular weight excluding hydrogens is 285 g/mol. The smallest absolute Gasteiger partial charge is 0.255 e. The lowest BCUT2D eigenvalue weighted by Gasteiger charge is -2.27. The fourth-order valence-electron chi connectivity index (χ4n) is 2.58. The van der Waals surface area contributed by atoms with Crippen molar-refractivity contribution in [1.82, 2.24) is 5.32 Å². The lowest BCUT2D eigenvalue weighted by Crippen LogP contribution is -2.32. The first-order chi connectivity index (χ1) is 10.7. The van der Waals surface area contributed by atoms with Gasteiger partial charge in [-0.1, -0.05) is 12.1 Å². The van der Waals surface area contributed by atoms with Crippen LogP contribution in [0.5, 0.6) is 11.5 Å². The Labute approximate surface area is 127 Å². The summed E-state index contributed by atoms with van der Waals surface area (Å²) in [7, 11) is 1.52. The summed E-state index contributed by atoms with van der Waals surface area (Å²) in [6, 6.07) is 11.1. The molecule has 1 atom stereocenters. The van der Waals surface area contributed by atoms with Crippen LogP contribution in [0, 0.1) is 5.82 Å². The number of hydrogen-bond donors (Lipinski definition) is 1. The first kappa shape index (κ1) is 14.4. The summed E-state index contributed by atoms with van der Waals surface area (Å²) in [5.74, 6) is 0.518. The van der Waals surface area contributed by atoms with Gasteiger partial charge in [-0.25, -0.2) is 4.39 Å². The van der Waals surface area contributed by atoms with Crippen LogP contribution in [0.15, 0.2) is 42.5 Å². The third kappa shape index (κ3) is 2.74. The highest BCUT2D eigenvalue weighted by Crippen LogP contribution is 2.33. The number of carbonyl (C=O) groups excluding carboxylic acids is 1. The molecular formula is C17H16FNO3. The number of para-hydroxylation sites is 1. The van der Waals surface area contributed by atoms with Crippen LogP contribution in [0.25, 0.3) is 0 Å². The highest BCUT2D eigenvalue weighted by molar-refractivity contribution is 5.97. The summed E-state index contributed by atoms with van der Waals surface area (Å²) in [5.41, 5.74) is 1.11. The maximum absolute atomic E-state index is 13.5. The van der Waals surface area contributed by atoms with Crippen molar-refractivity contribution in [2.24, 2.45) is 0 Å². The van der Waals surface area contributed by atoms with Gasteiger partial charge in [0.15, 0.2) is 0 Å². The lowest BCUT2D eigenvalue weighted by molar-refractivity contribution is 0.0921. The molecule has 0 saturated heterocycles. The summed E-state index contributed by atoms with van der Waals surface area (Å²) in [6.07, 6.45) is 0.595. The number of nitrogens with one attached hydrogen (secondary N) is 1. The van der Waals surface area contributed by atoms with Crippen LogP contribution in [-0.2, 0) is 0 Å². The van der Waals surface area contributed by atoms with Crippen molar-refractivity contribution in [3.05, 3.63) is 59.4 Å². The van der Waals surface area contributed by atoms with E-state index in [1.54, 1.807) is 30.3 Å². The number of fused-ring (bicyclic) bond motifs is 1. The predicted molar refractivity (Wildman–Crippen MR) is 79.7 cm³/mol. The van der Waals surface area contributed by atoms with Crippen LogP contribution in [-0.4, -0.2) is 19.6 Å². The van der Waals surface area contributed by atoms with E-state index in [9.17, 15) is 9.18 Å². The molecule has 114 valence electrons. The zero-order chi connectivity index (χ0) is 15.5. The third-order valence-electron chi connectivity index (χ3n) is 3.67. The largest absolute Gasteiger partial charge is 0.496 e. The molecule has 4 nitrogen and oxygen atoms in total. The molecule has 1 N–H and O–H groups in total. The highest BCUT2D eigenvalue weighted by Gasteiger charge is 2.25. The molecule has 0 aromatic heterocycles. The van der Waals surface area contributed by atoms with Gasteiger partial charge >= 0.3 is 0 Å². The van der Waals surface area contributed by atoms with E-state index in [1.807, 2.05) is 0 Å². The van der Waals surface area contributed by atoms with Gasteiger partial charge in [0.25, 0.3) is 5.91 Å². The number of methoxy groups -OCH3 is 1. The number of amides is 1. The summed E-state index contributed by atoms with van der Waals surface area (Å²) < 4.78 is 24.2. The Morgan fingerprint density at radius 2 is 2.14 bits per heavy atom. The Morgan fingerprint density at radius 1 is 1.32 bits per heavy atom. The van der Waals surface area contributed by atoms with Crippen LogP contribution in [0.3, 0.4) is 0 Å². The van der Waals surface area contributed by atoms with E-state index in [2.05, 4.69) is 5.32 Å². The monoisotopic (exact) mass is 301 g/mol. The fraction of sp³-hybridized carbons (Fsp3) is 0.235. The van der Waals surface area contributed by atoms with Crippen molar-refractivity contribution in [2.75, 3.05) is 13.7 Å². The SMILES string of the molecule is COc1ccccc1C(=O)NC1CCOc2ccc(F)cc21. The molecule has 22 heavy (non-hydrogen) atoms. The van der Waals surface area contributed by atoms with E-state index in [0.29, 0.717) is 35.7 Å². The van der Waals surface area contributed by atoms with E-state index in [4.69, 9.17) is 9.47 Å². The molecule has 5 heteroatoms. The Kier molecular flexibility index (Phi) is 3.96. The zero-order valence-electron chi connectivity index (χ0n) is 12.1. The van der Waals surface area contributed by atoms with Gasteiger partial charge in [-0.3, -0.25) is 4.79 Å². The summed E-state index contributed by atoms with van der Waals surface area (Å²) >= 11 is 0. The van der Waals surface area contributed by atoms with Crippen molar-refractivity contribution in [2.45, 2.75) is 12.5 Å². The van der Waals surface area contributed by atoms with Crippen molar-refractivity contribution < 1.29 is 18.7 Å². The topological polar surface area (TPSA) is 47.6 Å². The zero-order valence-corrected chi connectivity index (χ0v) is 12.1. The summed E-state index contributed by atoms with van der Waals surface area (Å²) in [4.78, 5) is 12.5. The second kappa shape index (κ2) is 6.05. The first-order valence-corrected chi connectivity index (χ1v) is 7.05. The standard InChI is InChI=1S/C17H16FNO3/c1-21-15-5-3-2-4-12(15)17(20)19-14-8-9-22-16-7-6-11(18)10-13(14)16/h2-7,10,14H,8-9H2,1H3,(H,19,20). The quantitative estimate of drug-likeness (QED) is 0.947. The second-order valence-electron chi connectivity index (χ2n) is 5.05. The number of rotatable bonds is 3. The average Bonchev–Trinajstić information content (AvgIpc) is 2.55. The minimum Gasteiger partial charge on any atom is -0.496 e. The van der Waals surface area contributed by atoms with Gasteiger partial charge < -0.3 is 14.8 Å². The minimum absolute atomic E-state index is 0.250. The lowest BCUT2D eigenvalue weighted by atomic mass is 10.00. The van der Waals surface area contributed by atoms with E-state index < -0.39 is 0 Å². The van der Waals surface area contributed by atoms with Crippen molar-refractivity contribution in [3.8, 4) is 11.5 Å². The fourth-order valence-corrected chi connectivity index (χ4v) is 2.58. The van der Waals surface area contributed by atoms with Gasteiger partial charge in [0.05, 0.1) is 25.3 Å². The number of ether oxygens (including phenoxy) is 2. The molecule has 1 heterocycles. The highest BCUT2D eigenvalue weighted by atomic mass is 19.1. The average molecular weight is 301 g/mol. The number of benzene rings is 2. The molecule has 0 bridgehead atoms. The molecule has 0 spiro atoms. The molecule has 0 aliphatic carbocycles. The Morgan fingerprint density at radius 3 is 2.95 bits per heavy atom. The Hall–Kier alpha value is -2.56. The Bertz CT molecular complexity index is 702. The van der Waals surface area contributed by atoms with Crippen molar-refractivity contribution >= 4 is 5.91 Å². The van der Waals surface area contributed by atoms with E-state index >= 15 is 0 Å². The number of hydrogen-bond acceptors (Lipinski definition) is 3. The molecule has 1 unspecified atom stereocenters. The van der Waals surface area contributed by atoms with Gasteiger partial charge in [-0.05, 0) is 30.3 Å². The van der Waals surface area contributed by atoms with Crippen LogP contribution in [0.2, 0.25) is 0 Å². The molecule has 2 aromatic rings. The first-order valence-electron chi connectivity index (χ1n) is 7.05. The molecule has 3 rings (SSSR count). The second-order valence-corrected chi connectivity index (χ2v) is 5.05. The van der Waals surface area contributed by atoms with E-state index in [-0.39, 0.29) is 17.8 Å². The van der Waals surface area contributed by atoms with Crippen LogP contribution < -0.4 is 14.8 Å². The van der Waals surface area contributed by atoms with Crippen molar-refractivity contribution in [3.63, 3.8) is 0 Å². The van der Waals surface area contributed by atoms with Crippen LogP contribution >= 0.6 is 0 Å². The predicted octanol–water partition coefficient (Wildman–Crippen LogP) is 3.09. The maximum Gasteiger partial charge on any atom is 0.255 e. The normalized spacial score (nSPS) is 16.4. The van der Waals surface area contributed by atoms with Crippen molar-refractivity contribution in [1.29, 1.82) is 0 Å². The number of halogens is 1. The molecule has 0 radical (unpaired) electrons. The van der Waals surface area contributed by atoms with Gasteiger partial charge in [-0.2, -0.15) is 0 Å². The van der Waals surface area contributed by atoms with Gasteiger partial charge in [0.1, 0.15) is 17.3 Å². The number of carbonyl (C=O) groups is 1.